The number of aromatic nitrogens is 2. The van der Waals surface area contributed by atoms with Crippen LogP contribution >= 0.6 is 0 Å². The van der Waals surface area contributed by atoms with E-state index in [4.69, 9.17) is 5.11 Å². The smallest absolute Gasteiger partial charge is 0.261 e. The van der Waals surface area contributed by atoms with Gasteiger partial charge >= 0.3 is 0 Å². The topological polar surface area (TPSA) is 84.2 Å². The molecule has 1 aromatic heterocycles. The molecule has 6 nitrogen and oxygen atoms in total. The van der Waals surface area contributed by atoms with Crippen molar-refractivity contribution in [3.8, 4) is 0 Å². The molecule has 108 valence electrons. The summed E-state index contributed by atoms with van der Waals surface area (Å²) < 4.78 is 28.5. The highest BCUT2D eigenvalue weighted by molar-refractivity contribution is 7.92. The summed E-state index contributed by atoms with van der Waals surface area (Å²) in [6.45, 7) is 3.80. The first-order valence-corrected chi connectivity index (χ1v) is 7.67. The Kier molecular flexibility index (Phi) is 4.10. The minimum Gasteiger partial charge on any atom is -0.392 e. The van der Waals surface area contributed by atoms with Gasteiger partial charge in [-0.05, 0) is 31.5 Å². The molecule has 1 heterocycles. The number of nitrogens with zero attached hydrogens (tertiary/aromatic N) is 2. The Morgan fingerprint density at radius 1 is 1.30 bits per heavy atom. The Labute approximate surface area is 118 Å². The highest BCUT2D eigenvalue weighted by Gasteiger charge is 2.15. The second kappa shape index (κ2) is 5.64. The van der Waals surface area contributed by atoms with Crippen molar-refractivity contribution in [1.29, 1.82) is 0 Å². The van der Waals surface area contributed by atoms with E-state index in [0.29, 0.717) is 11.3 Å². The molecule has 0 bridgehead atoms. The number of hydrogen-bond donors (Lipinski definition) is 2. The molecule has 0 unspecified atom stereocenters. The second-order valence-electron chi connectivity index (χ2n) is 4.71. The van der Waals surface area contributed by atoms with Gasteiger partial charge in [0.1, 0.15) is 0 Å². The summed E-state index contributed by atoms with van der Waals surface area (Å²) in [5, 5.41) is 13.0. The molecule has 0 saturated heterocycles. The van der Waals surface area contributed by atoms with Crippen LogP contribution in [-0.2, 0) is 16.6 Å². The summed E-state index contributed by atoms with van der Waals surface area (Å²) >= 11 is 0. The van der Waals surface area contributed by atoms with E-state index in [1.807, 2.05) is 13.8 Å². The first-order chi connectivity index (χ1) is 9.42. The Bertz CT molecular complexity index is 675. The zero-order chi connectivity index (χ0) is 14.8. The van der Waals surface area contributed by atoms with Gasteiger partial charge in [-0.15, -0.1) is 0 Å². The number of rotatable bonds is 5. The predicted octanol–water partition coefficient (Wildman–Crippen LogP) is 1.76. The number of benzene rings is 1. The van der Waals surface area contributed by atoms with E-state index in [2.05, 4.69) is 9.82 Å². The van der Waals surface area contributed by atoms with Crippen LogP contribution in [0.5, 0.6) is 0 Å². The van der Waals surface area contributed by atoms with E-state index in [-0.39, 0.29) is 17.5 Å². The van der Waals surface area contributed by atoms with E-state index in [9.17, 15) is 8.42 Å². The van der Waals surface area contributed by atoms with Crippen molar-refractivity contribution < 1.29 is 13.5 Å². The van der Waals surface area contributed by atoms with E-state index in [0.717, 1.165) is 0 Å². The van der Waals surface area contributed by atoms with Crippen LogP contribution in [0.1, 0.15) is 25.5 Å². The molecule has 20 heavy (non-hydrogen) atoms. The number of aliphatic hydroxyl groups excluding tert-OH is 1. The minimum absolute atomic E-state index is 0.116. The summed E-state index contributed by atoms with van der Waals surface area (Å²) in [5.41, 5.74) is 1.08. The summed E-state index contributed by atoms with van der Waals surface area (Å²) in [7, 11) is -3.64. The van der Waals surface area contributed by atoms with Gasteiger partial charge in [-0.1, -0.05) is 12.1 Å². The van der Waals surface area contributed by atoms with Crippen LogP contribution in [0.4, 0.5) is 5.69 Å². The molecule has 0 atom stereocenters. The maximum Gasteiger partial charge on any atom is 0.261 e. The molecule has 0 saturated carbocycles. The lowest BCUT2D eigenvalue weighted by atomic mass is 10.2. The summed E-state index contributed by atoms with van der Waals surface area (Å²) in [4.78, 5) is 0.145. The fourth-order valence-corrected chi connectivity index (χ4v) is 2.69. The molecule has 0 spiro atoms. The molecule has 0 radical (unpaired) electrons. The van der Waals surface area contributed by atoms with Crippen LogP contribution < -0.4 is 4.72 Å². The van der Waals surface area contributed by atoms with Crippen molar-refractivity contribution in [3.05, 3.63) is 42.2 Å². The molecule has 0 aliphatic carbocycles. The minimum atomic E-state index is -3.64. The third kappa shape index (κ3) is 3.17. The number of anilines is 1. The molecule has 1 aromatic carbocycles. The molecule has 0 fully saturated rings. The third-order valence-corrected chi connectivity index (χ3v) is 4.20. The fourth-order valence-electron chi connectivity index (χ4n) is 1.66. The SMILES string of the molecule is CC(C)n1cc(NS(=O)(=O)c2ccc(CO)cc2)cn1. The Balaban J connectivity index is 2.21. The average Bonchev–Trinajstić information content (AvgIpc) is 2.87. The van der Waals surface area contributed by atoms with Crippen molar-refractivity contribution in [2.45, 2.75) is 31.4 Å². The van der Waals surface area contributed by atoms with Crippen LogP contribution in [0.2, 0.25) is 0 Å². The molecule has 2 aromatic rings. The molecule has 2 rings (SSSR count). The molecule has 0 aliphatic heterocycles. The van der Waals surface area contributed by atoms with E-state index in [1.54, 1.807) is 23.0 Å². The quantitative estimate of drug-likeness (QED) is 0.880. The molecule has 2 N–H and O–H groups in total. The van der Waals surface area contributed by atoms with Crippen LogP contribution in [0.25, 0.3) is 0 Å². The second-order valence-corrected chi connectivity index (χ2v) is 6.39. The van der Waals surface area contributed by atoms with Gasteiger partial charge in [0, 0.05) is 12.2 Å². The normalized spacial score (nSPS) is 11.8. The predicted molar refractivity (Wildman–Crippen MR) is 75.8 cm³/mol. The lowest BCUT2D eigenvalue weighted by Crippen LogP contribution is -2.12. The third-order valence-electron chi connectivity index (χ3n) is 2.80. The lowest BCUT2D eigenvalue weighted by molar-refractivity contribution is 0.282. The van der Waals surface area contributed by atoms with Crippen molar-refractivity contribution in [1.82, 2.24) is 9.78 Å². The molecular formula is C13H17N3O3S. The summed E-state index contributed by atoms with van der Waals surface area (Å²) in [5.74, 6) is 0. The highest BCUT2D eigenvalue weighted by Crippen LogP contribution is 2.17. The lowest BCUT2D eigenvalue weighted by Gasteiger charge is -2.07. The Morgan fingerprint density at radius 2 is 1.95 bits per heavy atom. The molecular weight excluding hydrogens is 278 g/mol. The van der Waals surface area contributed by atoms with E-state index < -0.39 is 10.0 Å². The average molecular weight is 295 g/mol. The van der Waals surface area contributed by atoms with Crippen molar-refractivity contribution in [2.75, 3.05) is 4.72 Å². The van der Waals surface area contributed by atoms with Crippen LogP contribution in [-0.4, -0.2) is 23.3 Å². The first-order valence-electron chi connectivity index (χ1n) is 6.19. The van der Waals surface area contributed by atoms with Crippen molar-refractivity contribution in [3.63, 3.8) is 0 Å². The maximum absolute atomic E-state index is 12.2. The maximum atomic E-state index is 12.2. The zero-order valence-corrected chi connectivity index (χ0v) is 12.1. The molecule has 7 heteroatoms. The highest BCUT2D eigenvalue weighted by atomic mass is 32.2. The number of nitrogens with one attached hydrogen (secondary N) is 1. The van der Waals surface area contributed by atoms with Crippen LogP contribution in [0.15, 0.2) is 41.6 Å². The van der Waals surface area contributed by atoms with Gasteiger partial charge in [0.05, 0.1) is 23.4 Å². The Hall–Kier alpha value is -1.86. The number of aliphatic hydroxyl groups is 1. The summed E-state index contributed by atoms with van der Waals surface area (Å²) in [6.07, 6.45) is 3.12. The largest absolute Gasteiger partial charge is 0.392 e. The van der Waals surface area contributed by atoms with Crippen molar-refractivity contribution >= 4 is 15.7 Å². The number of hydrogen-bond acceptors (Lipinski definition) is 4. The van der Waals surface area contributed by atoms with Gasteiger partial charge in [0.25, 0.3) is 10.0 Å². The standard InChI is InChI=1S/C13H17N3O3S/c1-10(2)16-8-12(7-14-16)15-20(18,19)13-5-3-11(9-17)4-6-13/h3-8,10,15,17H,9H2,1-2H3. The van der Waals surface area contributed by atoms with Gasteiger partial charge in [0.2, 0.25) is 0 Å². The zero-order valence-electron chi connectivity index (χ0n) is 11.3. The van der Waals surface area contributed by atoms with Gasteiger partial charge < -0.3 is 5.11 Å². The fraction of sp³-hybridized carbons (Fsp3) is 0.308. The van der Waals surface area contributed by atoms with Gasteiger partial charge in [-0.2, -0.15) is 5.10 Å². The summed E-state index contributed by atoms with van der Waals surface area (Å²) in [6, 6.07) is 6.23. The van der Waals surface area contributed by atoms with Gasteiger partial charge in [-0.25, -0.2) is 8.42 Å². The molecule has 0 amide bonds. The monoisotopic (exact) mass is 295 g/mol. The first kappa shape index (κ1) is 14.5. The number of sulfonamides is 1. The Morgan fingerprint density at radius 3 is 2.45 bits per heavy atom. The van der Waals surface area contributed by atoms with E-state index in [1.165, 1.54) is 18.3 Å². The van der Waals surface area contributed by atoms with Gasteiger partial charge in [-0.3, -0.25) is 9.40 Å². The van der Waals surface area contributed by atoms with E-state index >= 15 is 0 Å². The van der Waals surface area contributed by atoms with Crippen LogP contribution in [0.3, 0.4) is 0 Å². The van der Waals surface area contributed by atoms with Crippen molar-refractivity contribution in [2.24, 2.45) is 0 Å². The van der Waals surface area contributed by atoms with Crippen LogP contribution in [0, 0.1) is 0 Å². The van der Waals surface area contributed by atoms with Gasteiger partial charge in [0.15, 0.2) is 0 Å². The molecule has 0 aliphatic rings.